The van der Waals surface area contributed by atoms with Crippen LogP contribution in [0.25, 0.3) is 0 Å². The third-order valence-electron chi connectivity index (χ3n) is 2.08. The molecular weight excluding hydrogens is 176 g/mol. The van der Waals surface area contributed by atoms with E-state index in [1.54, 1.807) is 6.92 Å². The smallest absolute Gasteiger partial charge is 0.265 e. The lowest BCUT2D eigenvalue weighted by Crippen LogP contribution is -2.01. The standard InChI is InChI=1S/C9H11F2NO/c1-5-7(4-13)3-12-6(2)8(5)9(10)11/h3,9,13H,4H2,1-2H3. The first-order chi connectivity index (χ1) is 6.07. The molecule has 1 aromatic rings. The summed E-state index contributed by atoms with van der Waals surface area (Å²) in [5, 5.41) is 8.83. The summed E-state index contributed by atoms with van der Waals surface area (Å²) in [4.78, 5) is 3.79. The first-order valence-corrected chi connectivity index (χ1v) is 3.92. The number of halogens is 2. The fraction of sp³-hybridized carbons (Fsp3) is 0.444. The summed E-state index contributed by atoms with van der Waals surface area (Å²) in [5.74, 6) is 0. The van der Waals surface area contributed by atoms with E-state index < -0.39 is 6.43 Å². The summed E-state index contributed by atoms with van der Waals surface area (Å²) < 4.78 is 25.0. The van der Waals surface area contributed by atoms with Gasteiger partial charge < -0.3 is 5.11 Å². The summed E-state index contributed by atoms with van der Waals surface area (Å²) in [6.45, 7) is 2.86. The highest BCUT2D eigenvalue weighted by Crippen LogP contribution is 2.26. The molecule has 2 nitrogen and oxygen atoms in total. The van der Waals surface area contributed by atoms with E-state index in [1.807, 2.05) is 0 Å². The van der Waals surface area contributed by atoms with Crippen LogP contribution in [0.15, 0.2) is 6.20 Å². The molecule has 0 fully saturated rings. The Morgan fingerprint density at radius 1 is 1.46 bits per heavy atom. The molecule has 0 bridgehead atoms. The van der Waals surface area contributed by atoms with Crippen molar-refractivity contribution in [2.24, 2.45) is 0 Å². The van der Waals surface area contributed by atoms with E-state index >= 15 is 0 Å². The third kappa shape index (κ3) is 1.83. The Morgan fingerprint density at radius 3 is 2.54 bits per heavy atom. The minimum atomic E-state index is -2.53. The Morgan fingerprint density at radius 2 is 2.08 bits per heavy atom. The highest BCUT2D eigenvalue weighted by Gasteiger charge is 2.16. The number of nitrogens with zero attached hydrogens (tertiary/aromatic N) is 1. The second kappa shape index (κ2) is 3.79. The van der Waals surface area contributed by atoms with Crippen molar-refractivity contribution in [1.29, 1.82) is 0 Å². The molecule has 0 aliphatic rings. The van der Waals surface area contributed by atoms with Crippen molar-refractivity contribution in [2.75, 3.05) is 0 Å². The van der Waals surface area contributed by atoms with Crippen molar-refractivity contribution in [3.63, 3.8) is 0 Å². The van der Waals surface area contributed by atoms with Gasteiger partial charge in [-0.1, -0.05) is 0 Å². The van der Waals surface area contributed by atoms with Gasteiger partial charge in [0.15, 0.2) is 0 Å². The van der Waals surface area contributed by atoms with E-state index in [0.29, 0.717) is 16.8 Å². The van der Waals surface area contributed by atoms with Crippen LogP contribution in [0.5, 0.6) is 0 Å². The number of rotatable bonds is 2. The molecule has 1 aromatic heterocycles. The quantitative estimate of drug-likeness (QED) is 0.769. The van der Waals surface area contributed by atoms with Gasteiger partial charge in [-0.3, -0.25) is 4.98 Å². The minimum Gasteiger partial charge on any atom is -0.392 e. The van der Waals surface area contributed by atoms with Crippen molar-refractivity contribution >= 4 is 0 Å². The fourth-order valence-electron chi connectivity index (χ4n) is 1.27. The van der Waals surface area contributed by atoms with E-state index in [9.17, 15) is 8.78 Å². The number of aromatic nitrogens is 1. The van der Waals surface area contributed by atoms with Gasteiger partial charge in [0.1, 0.15) is 0 Å². The van der Waals surface area contributed by atoms with Crippen molar-refractivity contribution in [1.82, 2.24) is 4.98 Å². The van der Waals surface area contributed by atoms with Gasteiger partial charge in [-0.15, -0.1) is 0 Å². The predicted molar refractivity (Wildman–Crippen MR) is 44.6 cm³/mol. The topological polar surface area (TPSA) is 33.1 Å². The first kappa shape index (κ1) is 10.1. The van der Waals surface area contributed by atoms with Gasteiger partial charge in [0.2, 0.25) is 0 Å². The van der Waals surface area contributed by atoms with E-state index in [2.05, 4.69) is 4.98 Å². The normalized spacial score (nSPS) is 10.9. The Labute approximate surface area is 75.2 Å². The van der Waals surface area contributed by atoms with Crippen LogP contribution >= 0.6 is 0 Å². The van der Waals surface area contributed by atoms with Gasteiger partial charge in [0, 0.05) is 17.5 Å². The molecule has 0 aromatic carbocycles. The van der Waals surface area contributed by atoms with Gasteiger partial charge in [-0.05, 0) is 25.0 Å². The Kier molecular flexibility index (Phi) is 2.93. The zero-order valence-electron chi connectivity index (χ0n) is 7.51. The number of aliphatic hydroxyl groups is 1. The van der Waals surface area contributed by atoms with E-state index in [1.165, 1.54) is 13.1 Å². The largest absolute Gasteiger partial charge is 0.392 e. The van der Waals surface area contributed by atoms with Gasteiger partial charge in [-0.25, -0.2) is 8.78 Å². The van der Waals surface area contributed by atoms with Crippen molar-refractivity contribution in [2.45, 2.75) is 26.9 Å². The lowest BCUT2D eigenvalue weighted by atomic mass is 10.0. The van der Waals surface area contributed by atoms with Crippen LogP contribution in [0.2, 0.25) is 0 Å². The van der Waals surface area contributed by atoms with E-state index in [-0.39, 0.29) is 12.2 Å². The second-order valence-corrected chi connectivity index (χ2v) is 2.87. The highest BCUT2D eigenvalue weighted by molar-refractivity contribution is 5.35. The molecule has 0 amide bonds. The monoisotopic (exact) mass is 187 g/mol. The Bertz CT molecular complexity index is 313. The van der Waals surface area contributed by atoms with Gasteiger partial charge in [0.25, 0.3) is 6.43 Å². The molecule has 0 spiro atoms. The predicted octanol–water partition coefficient (Wildman–Crippen LogP) is 2.13. The molecule has 0 aliphatic heterocycles. The first-order valence-electron chi connectivity index (χ1n) is 3.92. The van der Waals surface area contributed by atoms with Crippen LogP contribution < -0.4 is 0 Å². The lowest BCUT2D eigenvalue weighted by molar-refractivity contribution is 0.149. The van der Waals surface area contributed by atoms with Gasteiger partial charge in [-0.2, -0.15) is 0 Å². The molecule has 0 unspecified atom stereocenters. The maximum absolute atomic E-state index is 12.5. The number of hydrogen-bond acceptors (Lipinski definition) is 2. The van der Waals surface area contributed by atoms with Gasteiger partial charge in [0.05, 0.1) is 6.61 Å². The van der Waals surface area contributed by atoms with Crippen LogP contribution in [0, 0.1) is 13.8 Å². The summed E-state index contributed by atoms with van der Waals surface area (Å²) in [5.41, 5.74) is 1.15. The molecule has 1 rings (SSSR count). The van der Waals surface area contributed by atoms with Crippen LogP contribution in [0.4, 0.5) is 8.78 Å². The average molecular weight is 187 g/mol. The van der Waals surface area contributed by atoms with Crippen molar-refractivity contribution in [3.8, 4) is 0 Å². The van der Waals surface area contributed by atoms with Crippen LogP contribution in [-0.4, -0.2) is 10.1 Å². The summed E-state index contributed by atoms with van der Waals surface area (Å²) in [7, 11) is 0. The van der Waals surface area contributed by atoms with Crippen molar-refractivity contribution in [3.05, 3.63) is 28.6 Å². The van der Waals surface area contributed by atoms with Crippen LogP contribution in [-0.2, 0) is 6.61 Å². The molecular formula is C9H11F2NO. The SMILES string of the molecule is Cc1ncc(CO)c(C)c1C(F)F. The average Bonchev–Trinajstić information content (AvgIpc) is 2.04. The summed E-state index contributed by atoms with van der Waals surface area (Å²) in [6, 6.07) is 0. The third-order valence-corrected chi connectivity index (χ3v) is 2.08. The molecule has 1 heterocycles. The molecule has 4 heteroatoms. The van der Waals surface area contributed by atoms with E-state index in [4.69, 9.17) is 5.11 Å². The van der Waals surface area contributed by atoms with Crippen LogP contribution in [0.1, 0.15) is 28.8 Å². The maximum atomic E-state index is 12.5. The molecule has 0 aliphatic carbocycles. The Hall–Kier alpha value is -1.03. The van der Waals surface area contributed by atoms with E-state index in [0.717, 1.165) is 0 Å². The zero-order valence-corrected chi connectivity index (χ0v) is 7.51. The van der Waals surface area contributed by atoms with Gasteiger partial charge >= 0.3 is 0 Å². The molecule has 1 N–H and O–H groups in total. The summed E-state index contributed by atoms with van der Waals surface area (Å²) >= 11 is 0. The Balaban J connectivity index is 3.30. The molecule has 0 saturated carbocycles. The molecule has 0 radical (unpaired) electrons. The number of alkyl halides is 2. The second-order valence-electron chi connectivity index (χ2n) is 2.87. The highest BCUT2D eigenvalue weighted by atomic mass is 19.3. The maximum Gasteiger partial charge on any atom is 0.265 e. The number of aryl methyl sites for hydroxylation is 1. The van der Waals surface area contributed by atoms with Crippen LogP contribution in [0.3, 0.4) is 0 Å². The minimum absolute atomic E-state index is 0.0634. The number of aliphatic hydroxyl groups excluding tert-OH is 1. The van der Waals surface area contributed by atoms with Crippen molar-refractivity contribution < 1.29 is 13.9 Å². The fourth-order valence-corrected chi connectivity index (χ4v) is 1.27. The number of hydrogen-bond donors (Lipinski definition) is 1. The lowest BCUT2D eigenvalue weighted by Gasteiger charge is -2.10. The molecule has 0 saturated heterocycles. The molecule has 0 atom stereocenters. The summed E-state index contributed by atoms with van der Waals surface area (Å²) in [6.07, 6.45) is -1.10. The zero-order chi connectivity index (χ0) is 10.0. The molecule has 13 heavy (non-hydrogen) atoms. The molecule has 72 valence electrons. The number of pyridine rings is 1.